The number of carbonyl (C=O) groups is 1. The van der Waals surface area contributed by atoms with Gasteiger partial charge in [-0.3, -0.25) is 4.79 Å². The van der Waals surface area contributed by atoms with Crippen LogP contribution < -0.4 is 10.6 Å². The van der Waals surface area contributed by atoms with E-state index in [1.165, 1.54) is 18.2 Å². The lowest BCUT2D eigenvalue weighted by molar-refractivity contribution is -0.119. The van der Waals surface area contributed by atoms with Crippen molar-refractivity contribution in [2.75, 3.05) is 18.4 Å². The van der Waals surface area contributed by atoms with Crippen molar-refractivity contribution in [3.05, 3.63) is 65.2 Å². The smallest absolute Gasteiger partial charge is 0.239 e. The third kappa shape index (κ3) is 4.84. The molecule has 0 aliphatic rings. The Kier molecular flexibility index (Phi) is 5.47. The van der Waals surface area contributed by atoms with E-state index in [9.17, 15) is 13.6 Å². The second kappa shape index (κ2) is 7.54. The molecule has 2 aromatic carbocycles. The standard InChI is InChI=1S/C17H18F2N2O/c1-12-2-7-15(10-16(12)19)21-11-17(22)20-9-8-13-3-5-14(18)6-4-13/h2-7,10,21H,8-9,11H2,1H3,(H,20,22). The van der Waals surface area contributed by atoms with Gasteiger partial charge in [-0.25, -0.2) is 8.78 Å². The van der Waals surface area contributed by atoms with Crippen molar-refractivity contribution in [1.29, 1.82) is 0 Å². The molecule has 0 saturated heterocycles. The first kappa shape index (κ1) is 15.9. The topological polar surface area (TPSA) is 41.1 Å². The Morgan fingerprint density at radius 3 is 2.50 bits per heavy atom. The summed E-state index contributed by atoms with van der Waals surface area (Å²) in [6, 6.07) is 10.9. The summed E-state index contributed by atoms with van der Waals surface area (Å²) in [5, 5.41) is 5.62. The Balaban J connectivity index is 1.71. The van der Waals surface area contributed by atoms with Gasteiger partial charge >= 0.3 is 0 Å². The van der Waals surface area contributed by atoms with E-state index in [1.54, 1.807) is 31.2 Å². The molecule has 5 heteroatoms. The number of hydrogen-bond acceptors (Lipinski definition) is 2. The molecule has 2 aromatic rings. The first-order valence-corrected chi connectivity index (χ1v) is 7.06. The number of amides is 1. The van der Waals surface area contributed by atoms with Gasteiger partial charge in [0.25, 0.3) is 0 Å². The maximum atomic E-state index is 13.4. The van der Waals surface area contributed by atoms with Crippen molar-refractivity contribution in [1.82, 2.24) is 5.32 Å². The van der Waals surface area contributed by atoms with Crippen LogP contribution in [0.25, 0.3) is 0 Å². The fourth-order valence-electron chi connectivity index (χ4n) is 1.94. The van der Waals surface area contributed by atoms with Crippen molar-refractivity contribution in [3.8, 4) is 0 Å². The Morgan fingerprint density at radius 2 is 1.82 bits per heavy atom. The molecule has 2 rings (SSSR count). The van der Waals surface area contributed by atoms with E-state index in [0.717, 1.165) is 5.56 Å². The number of halogens is 2. The van der Waals surface area contributed by atoms with Gasteiger partial charge in [0.05, 0.1) is 6.54 Å². The third-order valence-corrected chi connectivity index (χ3v) is 3.27. The van der Waals surface area contributed by atoms with Crippen LogP contribution in [0.3, 0.4) is 0 Å². The normalized spacial score (nSPS) is 10.3. The fourth-order valence-corrected chi connectivity index (χ4v) is 1.94. The lowest BCUT2D eigenvalue weighted by Crippen LogP contribution is -2.31. The molecule has 0 heterocycles. The molecule has 0 fully saturated rings. The highest BCUT2D eigenvalue weighted by atomic mass is 19.1. The molecule has 0 saturated carbocycles. The van der Waals surface area contributed by atoms with E-state index in [1.807, 2.05) is 0 Å². The molecule has 0 aliphatic heterocycles. The largest absolute Gasteiger partial charge is 0.376 e. The van der Waals surface area contributed by atoms with Crippen LogP contribution in [0.15, 0.2) is 42.5 Å². The number of carbonyl (C=O) groups excluding carboxylic acids is 1. The first-order chi connectivity index (χ1) is 10.5. The summed E-state index contributed by atoms with van der Waals surface area (Å²) in [4.78, 5) is 11.7. The molecule has 116 valence electrons. The van der Waals surface area contributed by atoms with Crippen LogP contribution in [-0.2, 0) is 11.2 Å². The zero-order valence-electron chi connectivity index (χ0n) is 12.3. The van der Waals surface area contributed by atoms with E-state index in [-0.39, 0.29) is 24.1 Å². The lowest BCUT2D eigenvalue weighted by Gasteiger charge is -2.08. The third-order valence-electron chi connectivity index (χ3n) is 3.27. The molecular formula is C17H18F2N2O. The van der Waals surface area contributed by atoms with Crippen LogP contribution in [0.2, 0.25) is 0 Å². The molecule has 0 bridgehead atoms. The molecule has 1 amide bonds. The zero-order valence-corrected chi connectivity index (χ0v) is 12.3. The Morgan fingerprint density at radius 1 is 1.09 bits per heavy atom. The van der Waals surface area contributed by atoms with E-state index < -0.39 is 0 Å². The maximum Gasteiger partial charge on any atom is 0.239 e. The molecule has 0 atom stereocenters. The van der Waals surface area contributed by atoms with Crippen LogP contribution in [-0.4, -0.2) is 19.0 Å². The minimum absolute atomic E-state index is 0.0753. The summed E-state index contributed by atoms with van der Waals surface area (Å²) >= 11 is 0. The van der Waals surface area contributed by atoms with Crippen molar-refractivity contribution in [2.24, 2.45) is 0 Å². The fraction of sp³-hybridized carbons (Fsp3) is 0.235. The predicted octanol–water partition coefficient (Wildman–Crippen LogP) is 3.04. The molecule has 22 heavy (non-hydrogen) atoms. The Bertz CT molecular complexity index is 642. The summed E-state index contributed by atoms with van der Waals surface area (Å²) in [6.07, 6.45) is 0.630. The van der Waals surface area contributed by atoms with E-state index in [0.29, 0.717) is 24.2 Å². The summed E-state index contributed by atoms with van der Waals surface area (Å²) < 4.78 is 26.1. The summed E-state index contributed by atoms with van der Waals surface area (Å²) in [5.74, 6) is -0.757. The van der Waals surface area contributed by atoms with Crippen molar-refractivity contribution in [3.63, 3.8) is 0 Å². The molecule has 0 unspecified atom stereocenters. The number of hydrogen-bond donors (Lipinski definition) is 2. The minimum atomic E-state index is -0.304. The van der Waals surface area contributed by atoms with Gasteiger partial charge < -0.3 is 10.6 Å². The number of nitrogens with one attached hydrogen (secondary N) is 2. The minimum Gasteiger partial charge on any atom is -0.376 e. The average Bonchev–Trinajstić information content (AvgIpc) is 2.50. The average molecular weight is 304 g/mol. The highest BCUT2D eigenvalue weighted by Gasteiger charge is 2.03. The highest BCUT2D eigenvalue weighted by Crippen LogP contribution is 2.13. The van der Waals surface area contributed by atoms with Crippen LogP contribution in [0.5, 0.6) is 0 Å². The molecular weight excluding hydrogens is 286 g/mol. The molecule has 0 spiro atoms. The van der Waals surface area contributed by atoms with Crippen LogP contribution in [0.1, 0.15) is 11.1 Å². The van der Waals surface area contributed by atoms with Gasteiger partial charge in [0.1, 0.15) is 11.6 Å². The Labute approximate surface area is 128 Å². The summed E-state index contributed by atoms with van der Waals surface area (Å²) in [7, 11) is 0. The van der Waals surface area contributed by atoms with Gasteiger partial charge in [-0.15, -0.1) is 0 Å². The van der Waals surface area contributed by atoms with Crippen molar-refractivity contribution in [2.45, 2.75) is 13.3 Å². The van der Waals surface area contributed by atoms with Crippen LogP contribution >= 0.6 is 0 Å². The molecule has 0 aliphatic carbocycles. The van der Waals surface area contributed by atoms with Crippen LogP contribution in [0.4, 0.5) is 14.5 Å². The second-order valence-corrected chi connectivity index (χ2v) is 5.04. The summed E-state index contributed by atoms with van der Waals surface area (Å²) in [6.45, 7) is 2.22. The van der Waals surface area contributed by atoms with Crippen molar-refractivity contribution >= 4 is 11.6 Å². The molecule has 0 aromatic heterocycles. The first-order valence-electron chi connectivity index (χ1n) is 7.06. The molecule has 2 N–H and O–H groups in total. The number of rotatable bonds is 6. The number of aryl methyl sites for hydroxylation is 1. The van der Waals surface area contributed by atoms with Gasteiger partial charge in [-0.05, 0) is 48.7 Å². The summed E-state index contributed by atoms with van der Waals surface area (Å²) in [5.41, 5.74) is 2.08. The highest BCUT2D eigenvalue weighted by molar-refractivity contribution is 5.80. The van der Waals surface area contributed by atoms with E-state index >= 15 is 0 Å². The predicted molar refractivity (Wildman–Crippen MR) is 82.7 cm³/mol. The number of anilines is 1. The Hall–Kier alpha value is -2.43. The maximum absolute atomic E-state index is 13.4. The monoisotopic (exact) mass is 304 g/mol. The van der Waals surface area contributed by atoms with Gasteiger partial charge in [0.15, 0.2) is 0 Å². The SMILES string of the molecule is Cc1ccc(NCC(=O)NCCc2ccc(F)cc2)cc1F. The quantitative estimate of drug-likeness (QED) is 0.861. The van der Waals surface area contributed by atoms with E-state index in [4.69, 9.17) is 0 Å². The molecule has 3 nitrogen and oxygen atoms in total. The van der Waals surface area contributed by atoms with Gasteiger partial charge in [0, 0.05) is 12.2 Å². The van der Waals surface area contributed by atoms with Gasteiger partial charge in [-0.1, -0.05) is 18.2 Å². The lowest BCUT2D eigenvalue weighted by atomic mass is 10.1. The van der Waals surface area contributed by atoms with Gasteiger partial charge in [-0.2, -0.15) is 0 Å². The van der Waals surface area contributed by atoms with E-state index in [2.05, 4.69) is 10.6 Å². The van der Waals surface area contributed by atoms with Gasteiger partial charge in [0.2, 0.25) is 5.91 Å². The van der Waals surface area contributed by atoms with Crippen LogP contribution in [0, 0.1) is 18.6 Å². The second-order valence-electron chi connectivity index (χ2n) is 5.04. The zero-order chi connectivity index (χ0) is 15.9. The van der Waals surface area contributed by atoms with Crippen molar-refractivity contribution < 1.29 is 13.6 Å². The molecule has 0 radical (unpaired) electrons. The number of benzene rings is 2.